The van der Waals surface area contributed by atoms with E-state index >= 15 is 0 Å². The number of ether oxygens (including phenoxy) is 1. The number of benzene rings is 1. The molecular weight excluding hydrogens is 788 g/mol. The van der Waals surface area contributed by atoms with Gasteiger partial charge in [0.25, 0.3) is 5.91 Å². The molecule has 0 spiro atoms. The molecule has 5 atom stereocenters. The van der Waals surface area contributed by atoms with Crippen molar-refractivity contribution >= 4 is 67.1 Å². The fraction of sp³-hybridized carbons (Fsp3) is 0.462. The summed E-state index contributed by atoms with van der Waals surface area (Å²) in [6.07, 6.45) is -0.0465. The summed E-state index contributed by atoms with van der Waals surface area (Å²) in [5.74, 6) is -5.22. The number of hydrogen-bond acceptors (Lipinski definition) is 10. The van der Waals surface area contributed by atoms with Gasteiger partial charge in [0.15, 0.2) is 11.3 Å². The predicted molar refractivity (Wildman–Crippen MR) is 203 cm³/mol. The molecular formula is C39H40F3N5O8S2. The Morgan fingerprint density at radius 1 is 1.09 bits per heavy atom. The van der Waals surface area contributed by atoms with Crippen LogP contribution in [0.4, 0.5) is 13.2 Å². The van der Waals surface area contributed by atoms with Gasteiger partial charge in [0.05, 0.1) is 22.4 Å². The summed E-state index contributed by atoms with van der Waals surface area (Å²) in [6, 6.07) is 9.86. The van der Waals surface area contributed by atoms with Gasteiger partial charge < -0.3 is 24.7 Å². The van der Waals surface area contributed by atoms with Crippen molar-refractivity contribution in [1.82, 2.24) is 25.2 Å². The van der Waals surface area contributed by atoms with Crippen molar-refractivity contribution in [2.24, 2.45) is 5.92 Å². The van der Waals surface area contributed by atoms with Gasteiger partial charge in [-0.2, -0.15) is 13.2 Å². The lowest BCUT2D eigenvalue weighted by molar-refractivity contribution is -0.175. The number of sulfonamides is 1. The minimum absolute atomic E-state index is 0.0954. The summed E-state index contributed by atoms with van der Waals surface area (Å²) in [6.45, 7) is 1.69. The largest absolute Gasteiger partial charge is 0.484 e. The number of allylic oxidation sites excluding steroid dienone is 1. The molecule has 1 aromatic carbocycles. The van der Waals surface area contributed by atoms with E-state index < -0.39 is 74.7 Å². The molecule has 2 aliphatic carbocycles. The molecule has 1 saturated heterocycles. The van der Waals surface area contributed by atoms with Crippen molar-refractivity contribution in [3.05, 3.63) is 59.5 Å². The molecule has 0 radical (unpaired) electrons. The average Bonchev–Trinajstić information content (AvgIpc) is 4.00. The van der Waals surface area contributed by atoms with Crippen LogP contribution in [-0.2, 0) is 29.2 Å². The zero-order valence-electron chi connectivity index (χ0n) is 30.8. The summed E-state index contributed by atoms with van der Waals surface area (Å²) in [5, 5.41) is 4.62. The Bertz CT molecular complexity index is 2410. The van der Waals surface area contributed by atoms with Crippen molar-refractivity contribution in [3.8, 4) is 16.3 Å². The number of nitrogens with one attached hydrogen (secondary N) is 3. The molecule has 302 valence electrons. The minimum atomic E-state index is -5.27. The van der Waals surface area contributed by atoms with Crippen molar-refractivity contribution in [2.75, 3.05) is 6.54 Å². The maximum Gasteiger partial charge on any atom is 0.471 e. The summed E-state index contributed by atoms with van der Waals surface area (Å²) in [4.78, 5) is 62.5. The van der Waals surface area contributed by atoms with Gasteiger partial charge in [-0.3, -0.25) is 23.9 Å². The van der Waals surface area contributed by atoms with Crippen LogP contribution in [0.5, 0.6) is 5.75 Å². The van der Waals surface area contributed by atoms with Crippen molar-refractivity contribution < 1.29 is 49.9 Å². The van der Waals surface area contributed by atoms with Crippen molar-refractivity contribution in [3.63, 3.8) is 0 Å². The van der Waals surface area contributed by atoms with Crippen LogP contribution in [0.1, 0.15) is 62.7 Å². The van der Waals surface area contributed by atoms with Gasteiger partial charge in [0, 0.05) is 28.7 Å². The van der Waals surface area contributed by atoms with Crippen LogP contribution in [-0.4, -0.2) is 83.6 Å². The first-order valence-corrected chi connectivity index (χ1v) is 21.3. The van der Waals surface area contributed by atoms with E-state index in [1.807, 2.05) is 48.6 Å². The topological polar surface area (TPSA) is 177 Å². The van der Waals surface area contributed by atoms with Crippen LogP contribution in [0, 0.1) is 12.8 Å². The van der Waals surface area contributed by atoms with E-state index in [9.17, 15) is 40.8 Å². The normalized spacial score (nSPS) is 26.5. The number of rotatable bonds is 7. The van der Waals surface area contributed by atoms with Crippen LogP contribution >= 0.6 is 11.3 Å². The number of halogens is 3. The highest BCUT2D eigenvalue weighted by molar-refractivity contribution is 7.91. The molecule has 4 amide bonds. The Balaban J connectivity index is 1.15. The third-order valence-corrected chi connectivity index (χ3v) is 13.8. The van der Waals surface area contributed by atoms with Gasteiger partial charge in [0.1, 0.15) is 34.8 Å². The lowest BCUT2D eigenvalue weighted by Gasteiger charge is -2.30. The molecule has 57 heavy (non-hydrogen) atoms. The SMILES string of the molecule is Cc1ccc(-c2cc(O[C@@H]3C[C@H]4C(=O)N[C@]5(C(=O)NS(=O)(=O)C6CC6)C[C@H]5/C=C\CCCCC[C@H](NC(=O)C(F)(F)F)C(=O)N4C3)c3oc4ccccc4c3n2)s1. The monoisotopic (exact) mass is 827 g/mol. The zero-order valence-corrected chi connectivity index (χ0v) is 32.4. The molecule has 8 rings (SSSR count). The number of carbonyl (C=O) groups excluding carboxylic acids is 4. The number of aromatic nitrogens is 1. The number of carbonyl (C=O) groups is 4. The Morgan fingerprint density at radius 3 is 2.61 bits per heavy atom. The van der Waals surface area contributed by atoms with Gasteiger partial charge in [0.2, 0.25) is 21.8 Å². The average molecular weight is 828 g/mol. The van der Waals surface area contributed by atoms with Crippen LogP contribution in [0.15, 0.2) is 59.0 Å². The Hall–Kier alpha value is -4.97. The molecule has 2 aliphatic heterocycles. The van der Waals surface area contributed by atoms with E-state index in [0.29, 0.717) is 60.9 Å². The van der Waals surface area contributed by atoms with E-state index in [1.54, 1.807) is 18.2 Å². The molecule has 3 fully saturated rings. The number of para-hydroxylation sites is 1. The standard InChI is InChI=1S/C39H40F3N5O8S2/c1-21-13-16-31(56-21)27-18-30(33-32(43-27)25-10-7-8-12-29(25)55-33)54-23-17-28-34(48)45-38(36(50)46-57(52,53)24-14-15-24)19-22(38)9-5-3-2-4-6-11-26(35(49)47(28)20-23)44-37(51)39(40,41)42/h5,7-10,12-13,16,18,22-24,26,28H,2-4,6,11,14-15,17,19-20H2,1H3,(H,44,51)(H,45,48)(H,46,50)/b9-5-/t22-,23-,26+,28+,38-/m1/s1. The van der Waals surface area contributed by atoms with E-state index in [2.05, 4.69) is 10.0 Å². The first kappa shape index (κ1) is 38.9. The first-order valence-electron chi connectivity index (χ1n) is 18.9. The Morgan fingerprint density at radius 2 is 1.88 bits per heavy atom. The first-order chi connectivity index (χ1) is 27.1. The van der Waals surface area contributed by atoms with E-state index in [4.69, 9.17) is 14.1 Å². The van der Waals surface area contributed by atoms with Gasteiger partial charge >= 0.3 is 12.1 Å². The third kappa shape index (κ3) is 7.85. The van der Waals surface area contributed by atoms with Crippen molar-refractivity contribution in [2.45, 2.75) is 99.9 Å². The Labute approximate surface area is 329 Å². The number of aryl methyl sites for hydroxylation is 1. The lowest BCUT2D eigenvalue weighted by atomic mass is 10.0. The molecule has 3 N–H and O–H groups in total. The van der Waals surface area contributed by atoms with Crippen molar-refractivity contribution in [1.29, 1.82) is 0 Å². The van der Waals surface area contributed by atoms with Crippen LogP contribution < -0.4 is 20.1 Å². The number of furan rings is 1. The van der Waals surface area contributed by atoms with E-state index in [1.165, 1.54) is 11.3 Å². The molecule has 0 bridgehead atoms. The smallest absolute Gasteiger partial charge is 0.471 e. The minimum Gasteiger partial charge on any atom is -0.484 e. The second-order valence-electron chi connectivity index (χ2n) is 15.2. The quantitative estimate of drug-likeness (QED) is 0.206. The van der Waals surface area contributed by atoms with E-state index in [0.717, 1.165) is 20.0 Å². The molecule has 2 saturated carbocycles. The molecule has 18 heteroatoms. The number of pyridine rings is 1. The van der Waals surface area contributed by atoms with Gasteiger partial charge in [-0.25, -0.2) is 13.4 Å². The molecule has 5 heterocycles. The highest BCUT2D eigenvalue weighted by Crippen LogP contribution is 2.46. The Kier molecular flexibility index (Phi) is 10.1. The molecule has 13 nitrogen and oxygen atoms in total. The van der Waals surface area contributed by atoms with Gasteiger partial charge in [-0.05, 0) is 69.7 Å². The molecule has 4 aromatic rings. The fourth-order valence-electron chi connectivity index (χ4n) is 7.71. The molecule has 4 aliphatic rings. The number of fused-ring (bicyclic) bond motifs is 5. The molecule has 3 aromatic heterocycles. The second-order valence-corrected chi connectivity index (χ2v) is 18.5. The highest BCUT2D eigenvalue weighted by Gasteiger charge is 2.62. The van der Waals surface area contributed by atoms with Crippen LogP contribution in [0.25, 0.3) is 32.6 Å². The number of thiophene rings is 1. The summed E-state index contributed by atoms with van der Waals surface area (Å²) < 4.78 is 81.2. The zero-order chi connectivity index (χ0) is 40.3. The maximum absolute atomic E-state index is 14.4. The van der Waals surface area contributed by atoms with Crippen LogP contribution in [0.2, 0.25) is 0 Å². The highest BCUT2D eigenvalue weighted by atomic mass is 32.2. The van der Waals surface area contributed by atoms with Gasteiger partial charge in [-0.15, -0.1) is 11.3 Å². The number of amides is 4. The van der Waals surface area contributed by atoms with Crippen LogP contribution in [0.3, 0.4) is 0 Å². The summed E-state index contributed by atoms with van der Waals surface area (Å²) >= 11 is 1.52. The van der Waals surface area contributed by atoms with Gasteiger partial charge in [-0.1, -0.05) is 37.1 Å². The number of nitrogens with zero attached hydrogens (tertiary/aromatic N) is 2. The maximum atomic E-state index is 14.4. The fourth-order valence-corrected chi connectivity index (χ4v) is 9.90. The summed E-state index contributed by atoms with van der Waals surface area (Å²) in [5.41, 5.74) is 0.306. The van der Waals surface area contributed by atoms with E-state index in [-0.39, 0.29) is 31.6 Å². The molecule has 0 unspecified atom stereocenters. The number of alkyl halides is 3. The summed E-state index contributed by atoms with van der Waals surface area (Å²) in [7, 11) is -3.99. The third-order valence-electron chi connectivity index (χ3n) is 11.0. The number of hydrogen-bond donors (Lipinski definition) is 3. The lowest BCUT2D eigenvalue weighted by Crippen LogP contribution is -2.58. The predicted octanol–water partition coefficient (Wildman–Crippen LogP) is 5.42. The second kappa shape index (κ2) is 14.8.